The molecule has 0 spiro atoms. The first kappa shape index (κ1) is 12.3. The maximum Gasteiger partial charge on any atom is 0.273 e. The van der Waals surface area contributed by atoms with Crippen LogP contribution in [0, 0.1) is 0 Å². The summed E-state index contributed by atoms with van der Waals surface area (Å²) in [5.74, 6) is 0. The van der Waals surface area contributed by atoms with Crippen LogP contribution in [-0.4, -0.2) is 14.8 Å². The van der Waals surface area contributed by atoms with Crippen molar-refractivity contribution in [2.75, 3.05) is 0 Å². The predicted molar refractivity (Wildman–Crippen MR) is 49.3 cm³/mol. The van der Waals surface area contributed by atoms with Gasteiger partial charge in [-0.2, -0.15) is 0 Å². The molecule has 0 aromatic heterocycles. The third-order valence-electron chi connectivity index (χ3n) is 1.70. The quantitative estimate of drug-likeness (QED) is 0.781. The van der Waals surface area contributed by atoms with E-state index in [-0.39, 0.29) is 0 Å². The van der Waals surface area contributed by atoms with Gasteiger partial charge in [0.2, 0.25) is 0 Å². The molecule has 1 atom stereocenters. The lowest BCUT2D eigenvalue weighted by molar-refractivity contribution is 0.0481. The summed E-state index contributed by atoms with van der Waals surface area (Å²) < 4.78 is 59.0. The molecule has 0 saturated carbocycles. The summed E-state index contributed by atoms with van der Waals surface area (Å²) in [6.45, 7) is 0. The topological polar surface area (TPSA) is 34.1 Å². The molecular weight excluding hydrogens is 253 g/mol. The molecule has 0 saturated heterocycles. The van der Waals surface area contributed by atoms with E-state index in [2.05, 4.69) is 0 Å². The van der Waals surface area contributed by atoms with Crippen LogP contribution in [-0.2, 0) is 9.05 Å². The Bertz CT molecular complexity index is 447. The fraction of sp³-hybridized carbons (Fsp3) is 0.250. The zero-order valence-electron chi connectivity index (χ0n) is 7.20. The molecule has 0 aliphatic rings. The molecule has 0 aliphatic carbocycles. The van der Waals surface area contributed by atoms with E-state index >= 15 is 0 Å². The minimum absolute atomic E-state index is 0.623. The summed E-state index contributed by atoms with van der Waals surface area (Å²) >= 11 is 0. The Morgan fingerprint density at radius 1 is 1.13 bits per heavy atom. The van der Waals surface area contributed by atoms with Crippen LogP contribution in [0.15, 0.2) is 29.2 Å². The summed E-state index contributed by atoms with van der Waals surface area (Å²) in [5, 5.41) is 0. The van der Waals surface area contributed by atoms with Gasteiger partial charge >= 0.3 is 0 Å². The number of hydrogen-bond donors (Lipinski definition) is 0. The van der Waals surface area contributed by atoms with Crippen LogP contribution in [0.3, 0.4) is 0 Å². The smallest absolute Gasteiger partial charge is 0.236 e. The lowest BCUT2D eigenvalue weighted by Crippen LogP contribution is -2.07. The molecule has 7 heteroatoms. The van der Waals surface area contributed by atoms with Crippen molar-refractivity contribution in [3.8, 4) is 0 Å². The van der Waals surface area contributed by atoms with E-state index in [1.807, 2.05) is 0 Å². The maximum atomic E-state index is 13.0. The molecule has 0 bridgehead atoms. The summed E-state index contributed by atoms with van der Waals surface area (Å²) in [5.41, 5.74) is -0.623. The van der Waals surface area contributed by atoms with Crippen molar-refractivity contribution < 1.29 is 21.6 Å². The lowest BCUT2D eigenvalue weighted by atomic mass is 10.1. The Balaban J connectivity index is 3.31. The summed E-state index contributed by atoms with van der Waals surface area (Å²) in [4.78, 5) is -0.625. The average molecular weight is 259 g/mol. The Kier molecular flexibility index (Phi) is 3.62. The van der Waals surface area contributed by atoms with Crippen molar-refractivity contribution in [1.29, 1.82) is 0 Å². The van der Waals surface area contributed by atoms with E-state index < -0.39 is 32.1 Å². The number of halogens is 4. The lowest BCUT2D eigenvalue weighted by Gasteiger charge is -2.10. The number of alkyl halides is 3. The van der Waals surface area contributed by atoms with Crippen LogP contribution >= 0.6 is 10.7 Å². The van der Waals surface area contributed by atoms with Crippen LogP contribution < -0.4 is 0 Å². The van der Waals surface area contributed by atoms with Gasteiger partial charge < -0.3 is 0 Å². The van der Waals surface area contributed by atoms with E-state index in [0.717, 1.165) is 12.1 Å². The second-order valence-electron chi connectivity index (χ2n) is 2.71. The third-order valence-corrected chi connectivity index (χ3v) is 3.10. The van der Waals surface area contributed by atoms with E-state index in [0.29, 0.717) is 0 Å². The van der Waals surface area contributed by atoms with Crippen LogP contribution in [0.1, 0.15) is 11.7 Å². The van der Waals surface area contributed by atoms with Gasteiger partial charge in [0.15, 0.2) is 6.17 Å². The van der Waals surface area contributed by atoms with Gasteiger partial charge in [-0.05, 0) is 6.07 Å². The van der Waals surface area contributed by atoms with Gasteiger partial charge in [0.1, 0.15) is 0 Å². The molecule has 0 fully saturated rings. The Morgan fingerprint density at radius 3 is 2.13 bits per heavy atom. The number of hydrogen-bond acceptors (Lipinski definition) is 2. The zero-order chi connectivity index (χ0) is 11.6. The van der Waals surface area contributed by atoms with Gasteiger partial charge in [-0.15, -0.1) is 0 Å². The van der Waals surface area contributed by atoms with Gasteiger partial charge in [0.25, 0.3) is 15.5 Å². The molecule has 2 nitrogen and oxygen atoms in total. The van der Waals surface area contributed by atoms with E-state index in [4.69, 9.17) is 10.7 Å². The van der Waals surface area contributed by atoms with Crippen molar-refractivity contribution in [3.05, 3.63) is 29.8 Å². The summed E-state index contributed by atoms with van der Waals surface area (Å²) in [6, 6.07) is 4.48. The van der Waals surface area contributed by atoms with Gasteiger partial charge in [0.05, 0.1) is 4.90 Å². The molecule has 0 aliphatic heterocycles. The average Bonchev–Trinajstić information content (AvgIpc) is 2.15. The second kappa shape index (κ2) is 4.40. The Labute approximate surface area is 89.1 Å². The van der Waals surface area contributed by atoms with E-state index in [9.17, 15) is 21.6 Å². The highest BCUT2D eigenvalue weighted by Crippen LogP contribution is 2.31. The molecule has 1 aromatic rings. The third kappa shape index (κ3) is 2.85. The zero-order valence-corrected chi connectivity index (χ0v) is 8.77. The summed E-state index contributed by atoms with van der Waals surface area (Å²) in [6.07, 6.45) is -5.95. The van der Waals surface area contributed by atoms with Crippen LogP contribution in [0.2, 0.25) is 0 Å². The molecule has 15 heavy (non-hydrogen) atoms. The van der Waals surface area contributed by atoms with Gasteiger partial charge in [-0.25, -0.2) is 21.6 Å². The van der Waals surface area contributed by atoms with Crippen molar-refractivity contribution in [1.82, 2.24) is 0 Å². The highest BCUT2D eigenvalue weighted by Gasteiger charge is 2.27. The van der Waals surface area contributed by atoms with Gasteiger partial charge in [-0.3, -0.25) is 0 Å². The molecule has 0 radical (unpaired) electrons. The monoisotopic (exact) mass is 258 g/mol. The minimum Gasteiger partial charge on any atom is -0.236 e. The minimum atomic E-state index is -4.21. The van der Waals surface area contributed by atoms with Crippen LogP contribution in [0.4, 0.5) is 13.2 Å². The summed E-state index contributed by atoms with van der Waals surface area (Å²) in [7, 11) is 0.760. The Hall–Kier alpha value is -0.750. The maximum absolute atomic E-state index is 13.0. The molecule has 0 amide bonds. The molecule has 1 unspecified atom stereocenters. The van der Waals surface area contributed by atoms with Crippen molar-refractivity contribution in [2.24, 2.45) is 0 Å². The fourth-order valence-corrected chi connectivity index (χ4v) is 2.19. The first-order chi connectivity index (χ1) is 6.84. The van der Waals surface area contributed by atoms with E-state index in [1.165, 1.54) is 12.1 Å². The molecular formula is C8H6ClF3O2S. The fourth-order valence-electron chi connectivity index (χ4n) is 1.07. The van der Waals surface area contributed by atoms with Crippen molar-refractivity contribution in [3.63, 3.8) is 0 Å². The highest BCUT2D eigenvalue weighted by atomic mass is 35.7. The van der Waals surface area contributed by atoms with Crippen molar-refractivity contribution >= 4 is 19.7 Å². The molecule has 0 N–H and O–H groups in total. The normalized spacial score (nSPS) is 14.2. The van der Waals surface area contributed by atoms with Gasteiger partial charge in [0, 0.05) is 16.2 Å². The first-order valence-electron chi connectivity index (χ1n) is 3.80. The first-order valence-corrected chi connectivity index (χ1v) is 6.11. The molecule has 1 aromatic carbocycles. The Morgan fingerprint density at radius 2 is 1.67 bits per heavy atom. The molecule has 0 heterocycles. The van der Waals surface area contributed by atoms with Crippen LogP contribution in [0.5, 0.6) is 0 Å². The largest absolute Gasteiger partial charge is 0.273 e. The van der Waals surface area contributed by atoms with Gasteiger partial charge in [-0.1, -0.05) is 18.2 Å². The number of benzene rings is 1. The molecule has 1 rings (SSSR count). The van der Waals surface area contributed by atoms with Crippen LogP contribution in [0.25, 0.3) is 0 Å². The highest BCUT2D eigenvalue weighted by molar-refractivity contribution is 8.13. The predicted octanol–water partition coefficient (Wildman–Crippen LogP) is 2.89. The second-order valence-corrected chi connectivity index (χ2v) is 5.25. The SMILES string of the molecule is O=S(=O)(Cl)c1ccccc1C(F)C(F)F. The van der Waals surface area contributed by atoms with Crippen molar-refractivity contribution in [2.45, 2.75) is 17.5 Å². The molecule has 84 valence electrons. The van der Waals surface area contributed by atoms with E-state index in [1.54, 1.807) is 0 Å². The number of rotatable bonds is 3. The standard InChI is InChI=1S/C8H6ClF3O2S/c9-15(13,14)6-4-2-1-3-5(6)7(10)8(11)12/h1-4,7-8H.